The monoisotopic (exact) mass is 210 g/mol. The van der Waals surface area contributed by atoms with E-state index in [1.54, 1.807) is 0 Å². The van der Waals surface area contributed by atoms with Gasteiger partial charge >= 0.3 is 0 Å². The standard InChI is InChI=1S/C13H22O2/c1-2-8-13(11-14-9-5-1)15-10-12-6-3-4-7-12/h10,13H,1-9,11H2. The summed E-state index contributed by atoms with van der Waals surface area (Å²) >= 11 is 0. The topological polar surface area (TPSA) is 18.5 Å². The van der Waals surface area contributed by atoms with Crippen LogP contribution < -0.4 is 0 Å². The number of hydrogen-bond donors (Lipinski definition) is 0. The fourth-order valence-electron chi connectivity index (χ4n) is 2.30. The zero-order valence-corrected chi connectivity index (χ0v) is 9.54. The quantitative estimate of drug-likeness (QED) is 0.650. The summed E-state index contributed by atoms with van der Waals surface area (Å²) in [4.78, 5) is 0. The van der Waals surface area contributed by atoms with Crippen molar-refractivity contribution in [1.29, 1.82) is 0 Å². The molecule has 1 atom stereocenters. The van der Waals surface area contributed by atoms with E-state index >= 15 is 0 Å². The van der Waals surface area contributed by atoms with Gasteiger partial charge in [0.05, 0.1) is 12.9 Å². The number of hydrogen-bond acceptors (Lipinski definition) is 2. The predicted molar refractivity (Wildman–Crippen MR) is 60.7 cm³/mol. The van der Waals surface area contributed by atoms with Gasteiger partial charge in [-0.1, -0.05) is 6.42 Å². The van der Waals surface area contributed by atoms with Crippen molar-refractivity contribution in [3.05, 3.63) is 11.8 Å². The Hall–Kier alpha value is -0.500. The molecule has 0 N–H and O–H groups in total. The van der Waals surface area contributed by atoms with Crippen LogP contribution in [0.2, 0.25) is 0 Å². The molecule has 0 aromatic heterocycles. The van der Waals surface area contributed by atoms with Crippen molar-refractivity contribution in [1.82, 2.24) is 0 Å². The molecule has 1 saturated heterocycles. The van der Waals surface area contributed by atoms with Gasteiger partial charge in [-0.15, -0.1) is 0 Å². The molecule has 0 aromatic carbocycles. The lowest BCUT2D eigenvalue weighted by atomic mass is 10.1. The molecule has 1 heterocycles. The smallest absolute Gasteiger partial charge is 0.121 e. The minimum Gasteiger partial charge on any atom is -0.496 e. The van der Waals surface area contributed by atoms with Crippen molar-refractivity contribution in [3.8, 4) is 0 Å². The van der Waals surface area contributed by atoms with Gasteiger partial charge in [-0.05, 0) is 50.5 Å². The average molecular weight is 210 g/mol. The Morgan fingerprint density at radius 1 is 1.07 bits per heavy atom. The maximum atomic E-state index is 5.82. The molecular formula is C13H22O2. The maximum Gasteiger partial charge on any atom is 0.121 e. The van der Waals surface area contributed by atoms with Crippen molar-refractivity contribution >= 4 is 0 Å². The Bertz CT molecular complexity index is 195. The summed E-state index contributed by atoms with van der Waals surface area (Å²) in [5, 5.41) is 0. The summed E-state index contributed by atoms with van der Waals surface area (Å²) < 4.78 is 11.4. The van der Waals surface area contributed by atoms with Gasteiger partial charge in [0.2, 0.25) is 0 Å². The highest BCUT2D eigenvalue weighted by Crippen LogP contribution is 2.24. The van der Waals surface area contributed by atoms with E-state index in [1.807, 2.05) is 6.26 Å². The number of ether oxygens (including phenoxy) is 2. The maximum absolute atomic E-state index is 5.82. The van der Waals surface area contributed by atoms with Crippen LogP contribution in [0.5, 0.6) is 0 Å². The van der Waals surface area contributed by atoms with E-state index in [0.29, 0.717) is 6.10 Å². The summed E-state index contributed by atoms with van der Waals surface area (Å²) in [5.74, 6) is 0. The molecule has 0 aromatic rings. The lowest BCUT2D eigenvalue weighted by molar-refractivity contribution is 0.0105. The minimum absolute atomic E-state index is 0.304. The van der Waals surface area contributed by atoms with Crippen LogP contribution in [0.3, 0.4) is 0 Å². The summed E-state index contributed by atoms with van der Waals surface area (Å²) in [6.07, 6.45) is 12.4. The van der Waals surface area contributed by atoms with Crippen molar-refractivity contribution in [2.75, 3.05) is 13.2 Å². The highest BCUT2D eigenvalue weighted by atomic mass is 16.5. The molecule has 0 spiro atoms. The molecule has 0 amide bonds. The molecule has 2 nitrogen and oxygen atoms in total. The third kappa shape index (κ3) is 3.86. The molecule has 15 heavy (non-hydrogen) atoms. The largest absolute Gasteiger partial charge is 0.496 e. The van der Waals surface area contributed by atoms with Gasteiger partial charge in [-0.25, -0.2) is 0 Å². The molecule has 1 aliphatic carbocycles. The fraction of sp³-hybridized carbons (Fsp3) is 0.846. The average Bonchev–Trinajstić information content (AvgIpc) is 2.68. The first kappa shape index (κ1) is 11.0. The van der Waals surface area contributed by atoms with Crippen LogP contribution in [-0.2, 0) is 9.47 Å². The van der Waals surface area contributed by atoms with Crippen molar-refractivity contribution in [2.45, 2.75) is 57.5 Å². The molecule has 2 aliphatic rings. The van der Waals surface area contributed by atoms with Gasteiger partial charge in [0.25, 0.3) is 0 Å². The molecule has 1 unspecified atom stereocenters. The van der Waals surface area contributed by atoms with E-state index in [1.165, 1.54) is 50.5 Å². The van der Waals surface area contributed by atoms with Crippen LogP contribution >= 0.6 is 0 Å². The van der Waals surface area contributed by atoms with Crippen LogP contribution in [0.4, 0.5) is 0 Å². The lowest BCUT2D eigenvalue weighted by Gasteiger charge is -2.19. The van der Waals surface area contributed by atoms with E-state index < -0.39 is 0 Å². The zero-order valence-electron chi connectivity index (χ0n) is 9.54. The summed E-state index contributed by atoms with van der Waals surface area (Å²) in [7, 11) is 0. The molecule has 0 radical (unpaired) electrons. The normalized spacial score (nSPS) is 28.3. The first-order valence-corrected chi connectivity index (χ1v) is 6.36. The van der Waals surface area contributed by atoms with Gasteiger partial charge in [0, 0.05) is 6.61 Å². The van der Waals surface area contributed by atoms with Gasteiger partial charge in [0.1, 0.15) is 6.10 Å². The zero-order chi connectivity index (χ0) is 10.3. The Kier molecular flexibility index (Phi) is 4.52. The van der Waals surface area contributed by atoms with Crippen LogP contribution in [0.25, 0.3) is 0 Å². The second-order valence-corrected chi connectivity index (χ2v) is 4.67. The van der Waals surface area contributed by atoms with Crippen LogP contribution in [0.1, 0.15) is 51.4 Å². The Labute approximate surface area is 92.6 Å². The van der Waals surface area contributed by atoms with Gasteiger partial charge in [-0.3, -0.25) is 0 Å². The predicted octanol–water partition coefficient (Wildman–Crippen LogP) is 3.42. The first-order chi connectivity index (χ1) is 7.45. The molecule has 1 aliphatic heterocycles. The highest BCUT2D eigenvalue weighted by Gasteiger charge is 2.13. The second-order valence-electron chi connectivity index (χ2n) is 4.67. The molecule has 1 saturated carbocycles. The second kappa shape index (κ2) is 6.16. The SMILES string of the molecule is C(OC1CCCCCOC1)=C1CCCC1. The van der Waals surface area contributed by atoms with E-state index in [4.69, 9.17) is 9.47 Å². The number of rotatable bonds is 2. The van der Waals surface area contributed by atoms with Gasteiger partial charge < -0.3 is 9.47 Å². The van der Waals surface area contributed by atoms with Gasteiger partial charge in [-0.2, -0.15) is 0 Å². The lowest BCUT2D eigenvalue weighted by Crippen LogP contribution is -2.20. The van der Waals surface area contributed by atoms with E-state index in [-0.39, 0.29) is 0 Å². The fourth-order valence-corrected chi connectivity index (χ4v) is 2.30. The van der Waals surface area contributed by atoms with E-state index in [2.05, 4.69) is 0 Å². The number of allylic oxidation sites excluding steroid dienone is 1. The van der Waals surface area contributed by atoms with Crippen LogP contribution in [0.15, 0.2) is 11.8 Å². The molecule has 2 fully saturated rings. The first-order valence-electron chi connectivity index (χ1n) is 6.36. The summed E-state index contributed by atoms with van der Waals surface area (Å²) in [6, 6.07) is 0. The summed E-state index contributed by atoms with van der Waals surface area (Å²) in [5.41, 5.74) is 1.50. The van der Waals surface area contributed by atoms with Crippen LogP contribution in [0, 0.1) is 0 Å². The van der Waals surface area contributed by atoms with Crippen LogP contribution in [-0.4, -0.2) is 19.3 Å². The molecule has 0 bridgehead atoms. The Morgan fingerprint density at radius 3 is 2.80 bits per heavy atom. The van der Waals surface area contributed by atoms with Crippen molar-refractivity contribution in [2.24, 2.45) is 0 Å². The third-order valence-corrected chi connectivity index (χ3v) is 3.29. The molecular weight excluding hydrogens is 188 g/mol. The van der Waals surface area contributed by atoms with Crippen molar-refractivity contribution < 1.29 is 9.47 Å². The van der Waals surface area contributed by atoms with E-state index in [9.17, 15) is 0 Å². The Morgan fingerprint density at radius 2 is 1.93 bits per heavy atom. The minimum atomic E-state index is 0.304. The van der Waals surface area contributed by atoms with Gasteiger partial charge in [0.15, 0.2) is 0 Å². The van der Waals surface area contributed by atoms with Crippen molar-refractivity contribution in [3.63, 3.8) is 0 Å². The summed E-state index contributed by atoms with van der Waals surface area (Å²) in [6.45, 7) is 1.69. The molecule has 2 heteroatoms. The molecule has 86 valence electrons. The van der Waals surface area contributed by atoms with E-state index in [0.717, 1.165) is 19.6 Å². The highest BCUT2D eigenvalue weighted by molar-refractivity contribution is 5.02. The third-order valence-electron chi connectivity index (χ3n) is 3.29. The Balaban J connectivity index is 1.73. The molecule has 2 rings (SSSR count).